The highest BCUT2D eigenvalue weighted by atomic mass is 16.7. The minimum absolute atomic E-state index is 0.0125. The average Bonchev–Trinajstić information content (AvgIpc) is 2.38. The molecule has 18 heavy (non-hydrogen) atoms. The highest BCUT2D eigenvalue weighted by Crippen LogP contribution is 2.24. The van der Waals surface area contributed by atoms with Crippen molar-refractivity contribution in [1.29, 1.82) is 0 Å². The Bertz CT molecular complexity index is 354. The monoisotopic (exact) mass is 252 g/mol. The van der Waals surface area contributed by atoms with Crippen molar-refractivity contribution in [2.45, 2.75) is 44.6 Å². The van der Waals surface area contributed by atoms with Crippen molar-refractivity contribution >= 4 is 0 Å². The molecule has 1 aliphatic rings. The molecule has 0 aromatic heterocycles. The maximum Gasteiger partial charge on any atom is 0.186 e. The first kappa shape index (κ1) is 13.5. The number of aliphatic hydroxyl groups is 1. The van der Waals surface area contributed by atoms with E-state index in [-0.39, 0.29) is 6.10 Å². The average molecular weight is 252 g/mol. The number of aliphatic hydroxyl groups excluding tert-OH is 1. The number of hydrogen-bond donors (Lipinski definition) is 1. The molecular formula is C14H20O4. The zero-order chi connectivity index (χ0) is 13.0. The third-order valence-electron chi connectivity index (χ3n) is 3.10. The van der Waals surface area contributed by atoms with Gasteiger partial charge in [0.2, 0.25) is 0 Å². The van der Waals surface area contributed by atoms with Gasteiger partial charge in [0, 0.05) is 13.5 Å². The standard InChI is InChI=1S/C14H20O4/c1-10-8-12(15)13(14(16-2)18-10)17-9-11-6-4-3-5-7-11/h3-7,10,12-15H,8-9H2,1-2H3/t10-,12-,13-,14+/m1/s1. The van der Waals surface area contributed by atoms with Gasteiger partial charge in [-0.2, -0.15) is 0 Å². The van der Waals surface area contributed by atoms with Crippen molar-refractivity contribution in [1.82, 2.24) is 0 Å². The van der Waals surface area contributed by atoms with Gasteiger partial charge in [-0.3, -0.25) is 0 Å². The molecule has 0 saturated carbocycles. The Kier molecular flexibility index (Phi) is 4.72. The molecule has 1 fully saturated rings. The molecule has 4 nitrogen and oxygen atoms in total. The smallest absolute Gasteiger partial charge is 0.186 e. The van der Waals surface area contributed by atoms with Crippen LogP contribution in [0.3, 0.4) is 0 Å². The molecule has 0 bridgehead atoms. The van der Waals surface area contributed by atoms with Crippen LogP contribution in [-0.4, -0.2) is 36.8 Å². The second kappa shape index (κ2) is 6.29. The second-order valence-electron chi connectivity index (χ2n) is 4.62. The largest absolute Gasteiger partial charge is 0.390 e. The second-order valence-corrected chi connectivity index (χ2v) is 4.62. The first-order chi connectivity index (χ1) is 8.70. The van der Waals surface area contributed by atoms with Crippen molar-refractivity contribution in [3.05, 3.63) is 35.9 Å². The van der Waals surface area contributed by atoms with Crippen LogP contribution in [-0.2, 0) is 20.8 Å². The van der Waals surface area contributed by atoms with Gasteiger partial charge in [0.1, 0.15) is 6.10 Å². The number of ether oxygens (including phenoxy) is 3. The van der Waals surface area contributed by atoms with Crippen LogP contribution in [0.4, 0.5) is 0 Å². The summed E-state index contributed by atoms with van der Waals surface area (Å²) < 4.78 is 16.6. The van der Waals surface area contributed by atoms with Gasteiger partial charge in [0.05, 0.1) is 18.8 Å². The number of rotatable bonds is 4. The molecule has 0 radical (unpaired) electrons. The van der Waals surface area contributed by atoms with Gasteiger partial charge in [-0.15, -0.1) is 0 Å². The van der Waals surface area contributed by atoms with Gasteiger partial charge in [0.15, 0.2) is 6.29 Å². The normalized spacial score (nSPS) is 32.4. The molecule has 0 spiro atoms. The summed E-state index contributed by atoms with van der Waals surface area (Å²) in [6.07, 6.45) is -0.943. The Morgan fingerprint density at radius 1 is 1.33 bits per heavy atom. The summed E-state index contributed by atoms with van der Waals surface area (Å²) >= 11 is 0. The molecule has 1 aromatic carbocycles. The first-order valence-corrected chi connectivity index (χ1v) is 6.22. The molecule has 4 atom stereocenters. The van der Waals surface area contributed by atoms with Crippen LogP contribution in [0.2, 0.25) is 0 Å². The lowest BCUT2D eigenvalue weighted by atomic mass is 10.0. The van der Waals surface area contributed by atoms with E-state index >= 15 is 0 Å². The van der Waals surface area contributed by atoms with Gasteiger partial charge < -0.3 is 19.3 Å². The minimum atomic E-state index is -0.553. The van der Waals surface area contributed by atoms with Gasteiger partial charge in [-0.25, -0.2) is 0 Å². The number of benzene rings is 1. The van der Waals surface area contributed by atoms with Crippen LogP contribution in [0.5, 0.6) is 0 Å². The maximum absolute atomic E-state index is 10.0. The van der Waals surface area contributed by atoms with E-state index in [2.05, 4.69) is 0 Å². The van der Waals surface area contributed by atoms with E-state index in [4.69, 9.17) is 14.2 Å². The molecule has 1 aromatic rings. The highest BCUT2D eigenvalue weighted by Gasteiger charge is 2.37. The molecular weight excluding hydrogens is 232 g/mol. The summed E-state index contributed by atoms with van der Waals surface area (Å²) in [6.45, 7) is 2.36. The molecule has 100 valence electrons. The summed E-state index contributed by atoms with van der Waals surface area (Å²) in [6, 6.07) is 9.85. The van der Waals surface area contributed by atoms with Crippen LogP contribution in [0.25, 0.3) is 0 Å². The van der Waals surface area contributed by atoms with Crippen molar-refractivity contribution in [2.75, 3.05) is 7.11 Å². The lowest BCUT2D eigenvalue weighted by Gasteiger charge is -2.37. The van der Waals surface area contributed by atoms with E-state index in [1.165, 1.54) is 0 Å². The van der Waals surface area contributed by atoms with Crippen LogP contribution >= 0.6 is 0 Å². The fourth-order valence-corrected chi connectivity index (χ4v) is 2.16. The topological polar surface area (TPSA) is 47.9 Å². The third-order valence-corrected chi connectivity index (χ3v) is 3.10. The third kappa shape index (κ3) is 3.29. The summed E-state index contributed by atoms with van der Waals surface area (Å²) in [7, 11) is 1.56. The SMILES string of the molecule is CO[C@H]1O[C@H](C)C[C@@H](O)[C@H]1OCc1ccccc1. The number of hydrogen-bond acceptors (Lipinski definition) is 4. The Labute approximate surface area is 107 Å². The van der Waals surface area contributed by atoms with Crippen molar-refractivity contribution in [3.8, 4) is 0 Å². The number of methoxy groups -OCH3 is 1. The molecule has 0 unspecified atom stereocenters. The first-order valence-electron chi connectivity index (χ1n) is 6.22. The highest BCUT2D eigenvalue weighted by molar-refractivity contribution is 5.13. The molecule has 1 saturated heterocycles. The van der Waals surface area contributed by atoms with E-state index in [0.29, 0.717) is 13.0 Å². The van der Waals surface area contributed by atoms with E-state index in [1.54, 1.807) is 7.11 Å². The fraction of sp³-hybridized carbons (Fsp3) is 0.571. The quantitative estimate of drug-likeness (QED) is 0.886. The van der Waals surface area contributed by atoms with Crippen molar-refractivity contribution in [3.63, 3.8) is 0 Å². The zero-order valence-electron chi connectivity index (χ0n) is 10.8. The van der Waals surface area contributed by atoms with E-state index in [1.807, 2.05) is 37.3 Å². The summed E-state index contributed by atoms with van der Waals surface area (Å²) in [4.78, 5) is 0. The molecule has 1 N–H and O–H groups in total. The van der Waals surface area contributed by atoms with Gasteiger partial charge >= 0.3 is 0 Å². The molecule has 2 rings (SSSR count). The van der Waals surface area contributed by atoms with E-state index in [9.17, 15) is 5.11 Å². The fourth-order valence-electron chi connectivity index (χ4n) is 2.16. The van der Waals surface area contributed by atoms with Crippen LogP contribution in [0.15, 0.2) is 30.3 Å². The Morgan fingerprint density at radius 3 is 2.72 bits per heavy atom. The molecule has 1 heterocycles. The minimum Gasteiger partial charge on any atom is -0.390 e. The van der Waals surface area contributed by atoms with Crippen LogP contribution in [0, 0.1) is 0 Å². The summed E-state index contributed by atoms with van der Waals surface area (Å²) in [5, 5.41) is 10.0. The van der Waals surface area contributed by atoms with Crippen LogP contribution < -0.4 is 0 Å². The van der Waals surface area contributed by atoms with E-state index in [0.717, 1.165) is 5.56 Å². The summed E-state index contributed by atoms with van der Waals surface area (Å²) in [5.41, 5.74) is 1.07. The molecule has 0 amide bonds. The Balaban J connectivity index is 1.94. The zero-order valence-corrected chi connectivity index (χ0v) is 10.8. The Morgan fingerprint density at radius 2 is 2.06 bits per heavy atom. The molecule has 4 heteroatoms. The van der Waals surface area contributed by atoms with Crippen LogP contribution in [0.1, 0.15) is 18.9 Å². The lowest BCUT2D eigenvalue weighted by molar-refractivity contribution is -0.268. The van der Waals surface area contributed by atoms with Gasteiger partial charge in [-0.05, 0) is 12.5 Å². The van der Waals surface area contributed by atoms with E-state index < -0.39 is 18.5 Å². The Hall–Kier alpha value is -0.940. The molecule has 1 aliphatic heterocycles. The maximum atomic E-state index is 10.0. The van der Waals surface area contributed by atoms with Crippen molar-refractivity contribution < 1.29 is 19.3 Å². The van der Waals surface area contributed by atoms with Crippen molar-refractivity contribution in [2.24, 2.45) is 0 Å². The summed E-state index contributed by atoms with van der Waals surface area (Å²) in [5.74, 6) is 0. The predicted molar refractivity (Wildman–Crippen MR) is 67.0 cm³/mol. The van der Waals surface area contributed by atoms with Gasteiger partial charge in [0.25, 0.3) is 0 Å². The lowest BCUT2D eigenvalue weighted by Crippen LogP contribution is -2.49. The molecule has 0 aliphatic carbocycles. The van der Waals surface area contributed by atoms with Gasteiger partial charge in [-0.1, -0.05) is 30.3 Å². The predicted octanol–water partition coefficient (Wildman–Crippen LogP) is 1.71.